The molecule has 0 aromatic rings. The zero-order valence-corrected chi connectivity index (χ0v) is 8.59. The van der Waals surface area contributed by atoms with Gasteiger partial charge < -0.3 is 4.84 Å². The molecule has 3 unspecified atom stereocenters. The van der Waals surface area contributed by atoms with Crippen molar-refractivity contribution in [3.8, 4) is 0 Å². The summed E-state index contributed by atoms with van der Waals surface area (Å²) in [4.78, 5) is 19.5. The van der Waals surface area contributed by atoms with Crippen LogP contribution in [0.2, 0.25) is 0 Å². The van der Waals surface area contributed by atoms with Gasteiger partial charge in [-0.05, 0) is 0 Å². The Kier molecular flexibility index (Phi) is 5.36. The van der Waals surface area contributed by atoms with Crippen molar-refractivity contribution < 1.29 is 19.4 Å². The zero-order valence-electron chi connectivity index (χ0n) is 8.59. The minimum atomic E-state index is -0.392. The monoisotopic (exact) mass is 222 g/mol. The van der Waals surface area contributed by atoms with Crippen LogP contribution < -0.4 is 23.2 Å². The van der Waals surface area contributed by atoms with Gasteiger partial charge in [-0.25, -0.2) is 23.2 Å². The predicted molar refractivity (Wildman–Crippen MR) is 50.3 cm³/mol. The molecule has 1 aliphatic carbocycles. The van der Waals surface area contributed by atoms with E-state index in [1.165, 1.54) is 0 Å². The first-order chi connectivity index (χ1) is 7.26. The first kappa shape index (κ1) is 12.7. The Morgan fingerprint density at radius 3 is 1.87 bits per heavy atom. The van der Waals surface area contributed by atoms with E-state index in [4.69, 9.17) is 37.0 Å². The van der Waals surface area contributed by atoms with Crippen LogP contribution in [-0.2, 0) is 19.4 Å². The van der Waals surface area contributed by atoms with Crippen LogP contribution in [0.25, 0.3) is 0 Å². The van der Waals surface area contributed by atoms with Crippen LogP contribution in [0.3, 0.4) is 0 Å². The third-order valence-electron chi connectivity index (χ3n) is 2.52. The van der Waals surface area contributed by atoms with Crippen molar-refractivity contribution in [1.82, 2.24) is 5.48 Å². The van der Waals surface area contributed by atoms with E-state index in [-0.39, 0.29) is 18.3 Å². The van der Waals surface area contributed by atoms with E-state index in [1.807, 2.05) is 0 Å². The maximum Gasteiger partial charge on any atom is 0.135 e. The van der Waals surface area contributed by atoms with Gasteiger partial charge in [-0.2, -0.15) is 0 Å². The maximum atomic E-state index is 5.23. The molecule has 0 spiro atoms. The summed E-state index contributed by atoms with van der Waals surface area (Å²) in [6, 6.07) is 0. The summed E-state index contributed by atoms with van der Waals surface area (Å²) in [6.45, 7) is 0. The van der Waals surface area contributed by atoms with Crippen LogP contribution >= 0.6 is 0 Å². The summed E-state index contributed by atoms with van der Waals surface area (Å²) in [5, 5.41) is 0. The molecule has 0 amide bonds. The molecule has 8 nitrogen and oxygen atoms in total. The Morgan fingerprint density at radius 1 is 1.00 bits per heavy atom. The number of hydroxylamine groups is 1. The fourth-order valence-electron chi connectivity index (χ4n) is 1.79. The van der Waals surface area contributed by atoms with E-state index < -0.39 is 6.10 Å². The molecular weight excluding hydrogens is 204 g/mol. The van der Waals surface area contributed by atoms with Crippen LogP contribution in [-0.4, -0.2) is 31.5 Å². The molecule has 90 valence electrons. The van der Waals surface area contributed by atoms with Crippen molar-refractivity contribution in [2.45, 2.75) is 37.3 Å². The first-order valence-corrected chi connectivity index (χ1v) is 4.65. The summed E-state index contributed by atoms with van der Waals surface area (Å²) in [7, 11) is 1.63. The second-order valence-electron chi connectivity index (χ2n) is 3.37. The molecule has 1 aliphatic rings. The van der Waals surface area contributed by atoms with Crippen molar-refractivity contribution in [3.63, 3.8) is 0 Å². The van der Waals surface area contributed by atoms with Crippen molar-refractivity contribution >= 4 is 0 Å². The lowest BCUT2D eigenvalue weighted by atomic mass is 9.90. The van der Waals surface area contributed by atoms with Crippen molar-refractivity contribution in [3.05, 3.63) is 0 Å². The Hall–Kier alpha value is -0.320. The van der Waals surface area contributed by atoms with Crippen LogP contribution in [0, 0.1) is 0 Å². The molecule has 1 rings (SSSR count). The Morgan fingerprint density at radius 2 is 1.53 bits per heavy atom. The van der Waals surface area contributed by atoms with E-state index in [0.29, 0.717) is 12.8 Å². The van der Waals surface area contributed by atoms with E-state index in [0.717, 1.165) is 0 Å². The molecule has 0 radical (unpaired) electrons. The largest absolute Gasteiger partial charge is 0.301 e. The van der Waals surface area contributed by atoms with Gasteiger partial charge in [-0.15, -0.1) is 0 Å². The van der Waals surface area contributed by atoms with Crippen LogP contribution in [0.1, 0.15) is 12.8 Å². The second kappa shape index (κ2) is 6.30. The number of rotatable bonds is 5. The lowest BCUT2D eigenvalue weighted by molar-refractivity contribution is -0.205. The number of nitrogens with two attached hydrogens (primary N) is 3. The van der Waals surface area contributed by atoms with Crippen LogP contribution in [0.15, 0.2) is 0 Å². The lowest BCUT2D eigenvalue weighted by Crippen LogP contribution is -2.54. The summed E-state index contributed by atoms with van der Waals surface area (Å²) >= 11 is 0. The highest BCUT2D eigenvalue weighted by molar-refractivity contribution is 4.88. The molecule has 0 aromatic heterocycles. The SMILES string of the molecule is CNOC1C(ON)CC(ON)C[C@H]1ON. The molecule has 15 heavy (non-hydrogen) atoms. The molecule has 0 aliphatic heterocycles. The van der Waals surface area contributed by atoms with Crippen molar-refractivity contribution in [1.29, 1.82) is 0 Å². The first-order valence-electron chi connectivity index (χ1n) is 4.65. The lowest BCUT2D eigenvalue weighted by Gasteiger charge is -2.37. The minimum Gasteiger partial charge on any atom is -0.301 e. The van der Waals surface area contributed by atoms with Gasteiger partial charge in [-0.1, -0.05) is 0 Å². The summed E-state index contributed by atoms with van der Waals surface area (Å²) in [6.07, 6.45) is -0.305. The average Bonchev–Trinajstić information content (AvgIpc) is 2.29. The standard InChI is InChI=1S/C7H18N4O4/c1-11-15-7-5(13-9)2-4(12-8)3-6(7)14-10/h4-7,11H,2-3,8-10H2,1H3/t4?,5-,6?,7?/m1/s1. The van der Waals surface area contributed by atoms with Crippen LogP contribution in [0.5, 0.6) is 0 Å². The minimum absolute atomic E-state index is 0.205. The van der Waals surface area contributed by atoms with E-state index in [1.54, 1.807) is 7.05 Å². The van der Waals surface area contributed by atoms with Crippen molar-refractivity contribution in [2.75, 3.05) is 7.05 Å². The molecule has 0 aromatic carbocycles. The normalized spacial score (nSPS) is 36.8. The van der Waals surface area contributed by atoms with Gasteiger partial charge >= 0.3 is 0 Å². The predicted octanol–water partition coefficient (Wildman–Crippen LogP) is -1.92. The molecule has 1 fully saturated rings. The zero-order chi connectivity index (χ0) is 11.3. The summed E-state index contributed by atoms with van der Waals surface area (Å²) < 4.78 is 0. The smallest absolute Gasteiger partial charge is 0.135 e. The van der Waals surface area contributed by atoms with Crippen LogP contribution in [0.4, 0.5) is 0 Å². The fraction of sp³-hybridized carbons (Fsp3) is 1.00. The summed E-state index contributed by atoms with van der Waals surface area (Å²) in [5.41, 5.74) is 2.56. The Labute approximate surface area is 87.8 Å². The molecule has 1 saturated carbocycles. The highest BCUT2D eigenvalue weighted by Gasteiger charge is 2.41. The van der Waals surface area contributed by atoms with E-state index >= 15 is 0 Å². The Bertz CT molecular complexity index is 170. The van der Waals surface area contributed by atoms with Gasteiger partial charge in [0.25, 0.3) is 0 Å². The van der Waals surface area contributed by atoms with Gasteiger partial charge in [0.05, 0.1) is 6.10 Å². The molecule has 0 bridgehead atoms. The van der Waals surface area contributed by atoms with Gasteiger partial charge in [0.1, 0.15) is 18.3 Å². The molecule has 8 heteroatoms. The molecule has 4 atom stereocenters. The van der Waals surface area contributed by atoms with Crippen molar-refractivity contribution in [2.24, 2.45) is 17.7 Å². The highest BCUT2D eigenvalue weighted by atomic mass is 16.7. The average molecular weight is 222 g/mol. The molecule has 7 N–H and O–H groups in total. The Balaban J connectivity index is 2.64. The molecule has 0 heterocycles. The topological polar surface area (TPSA) is 127 Å². The van der Waals surface area contributed by atoms with Gasteiger partial charge in [-0.3, -0.25) is 14.5 Å². The fourth-order valence-corrected chi connectivity index (χ4v) is 1.79. The van der Waals surface area contributed by atoms with E-state index in [2.05, 4.69) is 5.48 Å². The number of nitrogens with one attached hydrogen (secondary N) is 1. The highest BCUT2D eigenvalue weighted by Crippen LogP contribution is 2.26. The van der Waals surface area contributed by atoms with Gasteiger partial charge in [0.2, 0.25) is 0 Å². The quantitative estimate of drug-likeness (QED) is 0.396. The maximum absolute atomic E-state index is 5.23. The third-order valence-corrected chi connectivity index (χ3v) is 2.52. The summed E-state index contributed by atoms with van der Waals surface area (Å²) in [5.74, 6) is 15.4. The van der Waals surface area contributed by atoms with Gasteiger partial charge in [0, 0.05) is 19.9 Å². The van der Waals surface area contributed by atoms with Gasteiger partial charge in [0.15, 0.2) is 0 Å². The van der Waals surface area contributed by atoms with E-state index in [9.17, 15) is 0 Å². The third kappa shape index (κ3) is 3.06. The molecular formula is C7H18N4O4. The number of hydrogen-bond acceptors (Lipinski definition) is 8. The second-order valence-corrected chi connectivity index (χ2v) is 3.37. The number of hydrogen-bond donors (Lipinski definition) is 4. The molecule has 0 saturated heterocycles.